The maximum atomic E-state index is 4.43. The van der Waals surface area contributed by atoms with Crippen LogP contribution in [-0.4, -0.2) is 16.0 Å². The van der Waals surface area contributed by atoms with Crippen molar-refractivity contribution in [1.82, 2.24) is 9.97 Å². The van der Waals surface area contributed by atoms with Crippen molar-refractivity contribution in [2.24, 2.45) is 5.92 Å². The van der Waals surface area contributed by atoms with Gasteiger partial charge in [-0.1, -0.05) is 12.8 Å². The van der Waals surface area contributed by atoms with Gasteiger partial charge in [0, 0.05) is 10.9 Å². The lowest BCUT2D eigenvalue weighted by molar-refractivity contribution is 0.640. The lowest BCUT2D eigenvalue weighted by Crippen LogP contribution is -2.17. The number of thiophene rings is 1. The van der Waals surface area contributed by atoms with E-state index in [1.54, 1.807) is 17.7 Å². The average Bonchev–Trinajstić information content (AvgIpc) is 3.07. The fraction of sp³-hybridized carbons (Fsp3) is 0.571. The van der Waals surface area contributed by atoms with Crippen LogP contribution < -0.4 is 5.32 Å². The summed E-state index contributed by atoms with van der Waals surface area (Å²) in [5.74, 6) is 1.95. The van der Waals surface area contributed by atoms with Crippen molar-refractivity contribution in [3.63, 3.8) is 0 Å². The van der Waals surface area contributed by atoms with E-state index in [9.17, 15) is 0 Å². The summed E-state index contributed by atoms with van der Waals surface area (Å²) in [7, 11) is 0. The number of fused-ring (bicyclic) bond motifs is 1. The van der Waals surface area contributed by atoms with Gasteiger partial charge in [-0.25, -0.2) is 9.97 Å². The molecule has 2 aromatic heterocycles. The first-order chi connectivity index (χ1) is 8.65. The van der Waals surface area contributed by atoms with Gasteiger partial charge in [0.05, 0.1) is 5.39 Å². The summed E-state index contributed by atoms with van der Waals surface area (Å²) in [5, 5.41) is 4.78. The van der Waals surface area contributed by atoms with Crippen LogP contribution in [0.5, 0.6) is 0 Å². The molecule has 2 heterocycles. The molecule has 96 valence electrons. The molecule has 2 aromatic rings. The van der Waals surface area contributed by atoms with Crippen LogP contribution in [0.25, 0.3) is 10.2 Å². The highest BCUT2D eigenvalue weighted by molar-refractivity contribution is 7.18. The van der Waals surface area contributed by atoms with Crippen LogP contribution in [0.3, 0.4) is 0 Å². The molecular formula is C14H19N3S. The molecule has 0 radical (unpaired) electrons. The molecule has 4 heteroatoms. The van der Waals surface area contributed by atoms with Crippen molar-refractivity contribution in [3.05, 3.63) is 16.8 Å². The Morgan fingerprint density at radius 2 is 2.17 bits per heavy atom. The van der Waals surface area contributed by atoms with Gasteiger partial charge in [-0.3, -0.25) is 0 Å². The monoisotopic (exact) mass is 261 g/mol. The molecule has 0 aromatic carbocycles. The van der Waals surface area contributed by atoms with Gasteiger partial charge in [0.1, 0.15) is 17.0 Å². The van der Waals surface area contributed by atoms with Crippen LogP contribution >= 0.6 is 11.3 Å². The smallest absolute Gasteiger partial charge is 0.138 e. The zero-order chi connectivity index (χ0) is 12.7. The number of nitrogens with zero attached hydrogens (tertiary/aromatic N) is 2. The Morgan fingerprint density at radius 1 is 1.39 bits per heavy atom. The van der Waals surface area contributed by atoms with Crippen LogP contribution in [0.15, 0.2) is 6.33 Å². The normalized spacial score (nSPS) is 17.1. The number of rotatable bonds is 4. The minimum atomic E-state index is 0.496. The Hall–Kier alpha value is -1.16. The van der Waals surface area contributed by atoms with E-state index in [0.717, 1.165) is 16.6 Å². The van der Waals surface area contributed by atoms with Gasteiger partial charge < -0.3 is 5.32 Å². The van der Waals surface area contributed by atoms with E-state index in [1.165, 1.54) is 35.1 Å². The second-order valence-electron chi connectivity index (χ2n) is 5.41. The van der Waals surface area contributed by atoms with E-state index in [0.29, 0.717) is 6.04 Å². The molecular weight excluding hydrogens is 242 g/mol. The molecule has 1 aliphatic rings. The highest BCUT2D eigenvalue weighted by Crippen LogP contribution is 2.36. The third-order valence-corrected chi connectivity index (χ3v) is 4.85. The quantitative estimate of drug-likeness (QED) is 0.906. The number of hydrogen-bond acceptors (Lipinski definition) is 4. The van der Waals surface area contributed by atoms with Gasteiger partial charge in [-0.2, -0.15) is 0 Å². The number of hydrogen-bond donors (Lipinski definition) is 1. The molecule has 1 saturated carbocycles. The third kappa shape index (κ3) is 2.21. The molecule has 0 bridgehead atoms. The molecule has 1 N–H and O–H groups in total. The van der Waals surface area contributed by atoms with Crippen LogP contribution in [0, 0.1) is 19.8 Å². The van der Waals surface area contributed by atoms with Gasteiger partial charge in [0.2, 0.25) is 0 Å². The summed E-state index contributed by atoms with van der Waals surface area (Å²) in [6.45, 7) is 6.56. The second-order valence-corrected chi connectivity index (χ2v) is 6.61. The second kappa shape index (κ2) is 4.50. The highest BCUT2D eigenvalue weighted by Gasteiger charge is 2.24. The lowest BCUT2D eigenvalue weighted by atomic mass is 10.1. The van der Waals surface area contributed by atoms with Crippen LogP contribution in [-0.2, 0) is 0 Å². The van der Waals surface area contributed by atoms with Gasteiger partial charge >= 0.3 is 0 Å². The Kier molecular flexibility index (Phi) is 2.98. The topological polar surface area (TPSA) is 37.8 Å². The van der Waals surface area contributed by atoms with Gasteiger partial charge in [0.25, 0.3) is 0 Å². The van der Waals surface area contributed by atoms with E-state index in [1.807, 2.05) is 0 Å². The molecule has 0 saturated heterocycles. The molecule has 0 aliphatic heterocycles. The molecule has 3 nitrogen and oxygen atoms in total. The third-order valence-electron chi connectivity index (χ3n) is 3.73. The zero-order valence-corrected chi connectivity index (χ0v) is 12.0. The molecule has 1 unspecified atom stereocenters. The standard InChI is InChI=1S/C14H19N3S/c1-8(6-11-4-5-11)17-13-12-9(2)10(3)18-14(12)16-7-15-13/h7-8,11H,4-6H2,1-3H3,(H,15,16,17). The highest BCUT2D eigenvalue weighted by atomic mass is 32.1. The lowest BCUT2D eigenvalue weighted by Gasteiger charge is -2.14. The Balaban J connectivity index is 1.90. The predicted octanol–water partition coefficient (Wildman–Crippen LogP) is 3.91. The minimum Gasteiger partial charge on any atom is -0.367 e. The van der Waals surface area contributed by atoms with Crippen molar-refractivity contribution in [1.29, 1.82) is 0 Å². The van der Waals surface area contributed by atoms with Gasteiger partial charge in [-0.15, -0.1) is 11.3 Å². The maximum absolute atomic E-state index is 4.43. The van der Waals surface area contributed by atoms with Crippen molar-refractivity contribution in [2.75, 3.05) is 5.32 Å². The fourth-order valence-corrected chi connectivity index (χ4v) is 3.43. The Bertz CT molecular complexity index is 572. The number of nitrogens with one attached hydrogen (secondary N) is 1. The summed E-state index contributed by atoms with van der Waals surface area (Å²) in [5.41, 5.74) is 1.32. The molecule has 3 rings (SSSR count). The summed E-state index contributed by atoms with van der Waals surface area (Å²) in [6.07, 6.45) is 5.74. The van der Waals surface area contributed by atoms with Crippen molar-refractivity contribution >= 4 is 27.4 Å². The van der Waals surface area contributed by atoms with E-state index in [4.69, 9.17) is 0 Å². The van der Waals surface area contributed by atoms with Crippen LogP contribution in [0.4, 0.5) is 5.82 Å². The number of aromatic nitrogens is 2. The maximum Gasteiger partial charge on any atom is 0.138 e. The first-order valence-electron chi connectivity index (χ1n) is 6.62. The Morgan fingerprint density at radius 3 is 2.89 bits per heavy atom. The summed E-state index contributed by atoms with van der Waals surface area (Å²) in [4.78, 5) is 11.2. The zero-order valence-electron chi connectivity index (χ0n) is 11.2. The molecule has 1 atom stereocenters. The molecule has 1 aliphatic carbocycles. The van der Waals surface area contributed by atoms with Crippen molar-refractivity contribution in [2.45, 2.75) is 46.1 Å². The van der Waals surface area contributed by atoms with Crippen molar-refractivity contribution < 1.29 is 0 Å². The van der Waals surface area contributed by atoms with Crippen LogP contribution in [0.1, 0.15) is 36.6 Å². The molecule has 1 fully saturated rings. The van der Waals surface area contributed by atoms with Gasteiger partial charge in [0.15, 0.2) is 0 Å². The SMILES string of the molecule is Cc1sc2ncnc(NC(C)CC3CC3)c2c1C. The molecule has 0 amide bonds. The van der Waals surface area contributed by atoms with E-state index >= 15 is 0 Å². The van der Waals surface area contributed by atoms with E-state index < -0.39 is 0 Å². The van der Waals surface area contributed by atoms with Crippen molar-refractivity contribution in [3.8, 4) is 0 Å². The summed E-state index contributed by atoms with van der Waals surface area (Å²) >= 11 is 1.76. The summed E-state index contributed by atoms with van der Waals surface area (Å²) < 4.78 is 0. The summed E-state index contributed by atoms with van der Waals surface area (Å²) in [6, 6.07) is 0.496. The minimum absolute atomic E-state index is 0.496. The largest absolute Gasteiger partial charge is 0.367 e. The van der Waals surface area contributed by atoms with E-state index in [2.05, 4.69) is 36.1 Å². The average molecular weight is 261 g/mol. The van der Waals surface area contributed by atoms with Gasteiger partial charge in [-0.05, 0) is 38.7 Å². The number of anilines is 1. The molecule has 0 spiro atoms. The van der Waals surface area contributed by atoms with Crippen LogP contribution in [0.2, 0.25) is 0 Å². The fourth-order valence-electron chi connectivity index (χ4n) is 2.44. The molecule has 18 heavy (non-hydrogen) atoms. The predicted molar refractivity (Wildman–Crippen MR) is 77.3 cm³/mol. The Labute approximate surface area is 112 Å². The first kappa shape index (κ1) is 11.9. The first-order valence-corrected chi connectivity index (χ1v) is 7.44. The number of aryl methyl sites for hydroxylation is 2. The van der Waals surface area contributed by atoms with E-state index in [-0.39, 0.29) is 0 Å².